The highest BCUT2D eigenvalue weighted by Gasteiger charge is 2.30. The van der Waals surface area contributed by atoms with Gasteiger partial charge in [0, 0.05) is 6.42 Å². The van der Waals surface area contributed by atoms with Crippen LogP contribution in [-0.2, 0) is 24.0 Å². The van der Waals surface area contributed by atoms with Gasteiger partial charge in [-0.05, 0) is 12.8 Å². The Balaban J connectivity index is 0. The summed E-state index contributed by atoms with van der Waals surface area (Å²) in [6.45, 7) is 0. The number of hydrogen-bond acceptors (Lipinski definition) is 7. The summed E-state index contributed by atoms with van der Waals surface area (Å²) in [5, 5.41) is 41.2. The molecule has 9 N–H and O–H groups in total. The normalized spacial score (nSPS) is 12.5. The molecule has 0 aromatic heterocycles. The lowest BCUT2D eigenvalue weighted by atomic mass is 10.0. The van der Waals surface area contributed by atoms with Crippen molar-refractivity contribution < 1.29 is 49.5 Å². The molecule has 0 saturated heterocycles. The van der Waals surface area contributed by atoms with E-state index in [1.807, 2.05) is 0 Å². The van der Waals surface area contributed by atoms with E-state index in [1.165, 1.54) is 0 Å². The zero-order valence-corrected chi connectivity index (χ0v) is 11.8. The summed E-state index contributed by atoms with van der Waals surface area (Å²) < 4.78 is 0. The van der Waals surface area contributed by atoms with Gasteiger partial charge in [-0.1, -0.05) is 0 Å². The van der Waals surface area contributed by atoms with E-state index >= 15 is 0 Å². The lowest BCUT2D eigenvalue weighted by molar-refractivity contribution is -0.155. The second kappa shape index (κ2) is 10.9. The van der Waals surface area contributed by atoms with E-state index < -0.39 is 54.3 Å². The van der Waals surface area contributed by atoms with Crippen molar-refractivity contribution in [1.29, 1.82) is 0 Å². The summed E-state index contributed by atoms with van der Waals surface area (Å²) in [6, 6.07) is -2.53. The Bertz CT molecular complexity index is 450. The fourth-order valence-corrected chi connectivity index (χ4v) is 1.06. The van der Waals surface area contributed by atoms with Crippen LogP contribution in [-0.4, -0.2) is 67.5 Å². The van der Waals surface area contributed by atoms with Crippen molar-refractivity contribution in [3.8, 4) is 0 Å². The number of hydrogen-bond donors (Lipinski definition) is 7. The number of carboxylic acid groups (broad SMARTS) is 5. The topological polar surface area (TPSA) is 239 Å². The van der Waals surface area contributed by atoms with Gasteiger partial charge in [0.25, 0.3) is 0 Å². The molecule has 0 radical (unpaired) electrons. The largest absolute Gasteiger partial charge is 0.481 e. The molecule has 0 aliphatic heterocycles. The average Bonchev–Trinajstić information content (AvgIpc) is 2.41. The SMILES string of the molecule is N[C@@H](CC(C(=O)O)C(=O)O)C(=O)O.N[C@H](CCC(=O)O)C(=O)O. The van der Waals surface area contributed by atoms with Gasteiger partial charge < -0.3 is 37.0 Å². The molecule has 0 bridgehead atoms. The quantitative estimate of drug-likeness (QED) is 0.222. The van der Waals surface area contributed by atoms with Gasteiger partial charge in [0.05, 0.1) is 0 Å². The summed E-state index contributed by atoms with van der Waals surface area (Å²) in [5.74, 6) is -8.58. The second-order valence-corrected chi connectivity index (χ2v) is 4.29. The first-order chi connectivity index (χ1) is 10.4. The van der Waals surface area contributed by atoms with Crippen LogP contribution < -0.4 is 11.5 Å². The van der Waals surface area contributed by atoms with Gasteiger partial charge in [-0.3, -0.25) is 24.0 Å². The minimum atomic E-state index is -1.77. The molecular weight excluding hydrogens is 320 g/mol. The molecule has 12 nitrogen and oxygen atoms in total. The smallest absolute Gasteiger partial charge is 0.320 e. The van der Waals surface area contributed by atoms with Crippen LogP contribution in [0, 0.1) is 5.92 Å². The first-order valence-corrected chi connectivity index (χ1v) is 6.04. The van der Waals surface area contributed by atoms with Gasteiger partial charge in [0.15, 0.2) is 5.92 Å². The molecule has 0 fully saturated rings. The minimum Gasteiger partial charge on any atom is -0.481 e. The number of carboxylic acids is 5. The molecular formula is C11H18N2O10. The first-order valence-electron chi connectivity index (χ1n) is 6.04. The van der Waals surface area contributed by atoms with Gasteiger partial charge in [0.2, 0.25) is 0 Å². The molecule has 0 aromatic carbocycles. The van der Waals surface area contributed by atoms with Crippen LogP contribution in [0.5, 0.6) is 0 Å². The lowest BCUT2D eigenvalue weighted by Crippen LogP contribution is -2.37. The van der Waals surface area contributed by atoms with Gasteiger partial charge >= 0.3 is 29.8 Å². The predicted octanol–water partition coefficient (Wildman–Crippen LogP) is -2.16. The Kier molecular flexibility index (Phi) is 10.7. The molecule has 12 heteroatoms. The molecule has 0 aliphatic rings. The zero-order chi connectivity index (χ0) is 18.7. The van der Waals surface area contributed by atoms with E-state index in [9.17, 15) is 24.0 Å². The number of carbonyl (C=O) groups is 5. The van der Waals surface area contributed by atoms with Crippen molar-refractivity contribution in [3.05, 3.63) is 0 Å². The van der Waals surface area contributed by atoms with Crippen molar-refractivity contribution in [3.63, 3.8) is 0 Å². The third-order valence-electron chi connectivity index (χ3n) is 2.39. The van der Waals surface area contributed by atoms with E-state index in [-0.39, 0.29) is 12.8 Å². The molecule has 0 unspecified atom stereocenters. The maximum absolute atomic E-state index is 10.3. The highest BCUT2D eigenvalue weighted by Crippen LogP contribution is 2.06. The molecule has 0 spiro atoms. The molecule has 23 heavy (non-hydrogen) atoms. The van der Waals surface area contributed by atoms with Crippen molar-refractivity contribution in [2.45, 2.75) is 31.3 Å². The van der Waals surface area contributed by atoms with Crippen LogP contribution >= 0.6 is 0 Å². The van der Waals surface area contributed by atoms with E-state index in [0.717, 1.165) is 0 Å². The second-order valence-electron chi connectivity index (χ2n) is 4.29. The van der Waals surface area contributed by atoms with Crippen LogP contribution in [0.3, 0.4) is 0 Å². The highest BCUT2D eigenvalue weighted by atomic mass is 16.4. The summed E-state index contributed by atoms with van der Waals surface area (Å²) >= 11 is 0. The standard InChI is InChI=1S/C6H9NO6.C5H9NO4/c7-3(6(12)13)1-2(4(8)9)5(10)11;6-3(5(9)10)1-2-4(7)8/h2-3H,1,7H2,(H,8,9)(H,10,11)(H,12,13);3H,1-2,6H2,(H,7,8)(H,9,10)/t2*3-/m01/s1. The molecule has 0 aromatic rings. The van der Waals surface area contributed by atoms with Crippen LogP contribution in [0.15, 0.2) is 0 Å². The molecule has 132 valence electrons. The van der Waals surface area contributed by atoms with Crippen LogP contribution in [0.2, 0.25) is 0 Å². The monoisotopic (exact) mass is 338 g/mol. The van der Waals surface area contributed by atoms with Crippen molar-refractivity contribution in [2.24, 2.45) is 17.4 Å². The number of aliphatic carboxylic acids is 5. The Morgan fingerprint density at radius 1 is 0.696 bits per heavy atom. The molecule has 0 amide bonds. The molecule has 2 atom stereocenters. The van der Waals surface area contributed by atoms with E-state index in [2.05, 4.69) is 0 Å². The minimum absolute atomic E-state index is 0.0231. The zero-order valence-electron chi connectivity index (χ0n) is 11.8. The molecule has 0 aliphatic carbocycles. The fourth-order valence-electron chi connectivity index (χ4n) is 1.06. The van der Waals surface area contributed by atoms with Crippen molar-refractivity contribution >= 4 is 29.8 Å². The van der Waals surface area contributed by atoms with E-state index in [0.29, 0.717) is 0 Å². The Labute approximate surface area is 129 Å². The maximum Gasteiger partial charge on any atom is 0.320 e. The predicted molar refractivity (Wildman–Crippen MR) is 71.5 cm³/mol. The van der Waals surface area contributed by atoms with Crippen molar-refractivity contribution in [1.82, 2.24) is 0 Å². The summed E-state index contributed by atoms with van der Waals surface area (Å²) in [7, 11) is 0. The Hall–Kier alpha value is -2.73. The van der Waals surface area contributed by atoms with Crippen LogP contribution in [0.1, 0.15) is 19.3 Å². The van der Waals surface area contributed by atoms with Crippen molar-refractivity contribution in [2.75, 3.05) is 0 Å². The molecule has 0 heterocycles. The Morgan fingerprint density at radius 3 is 1.35 bits per heavy atom. The lowest BCUT2D eigenvalue weighted by Gasteiger charge is -2.09. The molecule has 0 saturated carbocycles. The van der Waals surface area contributed by atoms with Crippen LogP contribution in [0.25, 0.3) is 0 Å². The van der Waals surface area contributed by atoms with Gasteiger partial charge in [0.1, 0.15) is 12.1 Å². The Morgan fingerprint density at radius 2 is 1.09 bits per heavy atom. The number of rotatable bonds is 9. The van der Waals surface area contributed by atoms with E-state index in [1.54, 1.807) is 0 Å². The fraction of sp³-hybridized carbons (Fsp3) is 0.545. The summed E-state index contributed by atoms with van der Waals surface area (Å²) in [5.41, 5.74) is 9.97. The highest BCUT2D eigenvalue weighted by molar-refractivity contribution is 5.93. The first kappa shape index (κ1) is 22.5. The van der Waals surface area contributed by atoms with Crippen LogP contribution in [0.4, 0.5) is 0 Å². The number of nitrogens with two attached hydrogens (primary N) is 2. The third-order valence-corrected chi connectivity index (χ3v) is 2.39. The van der Waals surface area contributed by atoms with E-state index in [4.69, 9.17) is 37.0 Å². The third kappa shape index (κ3) is 11.6. The van der Waals surface area contributed by atoms with Gasteiger partial charge in [-0.15, -0.1) is 0 Å². The molecule has 0 rings (SSSR count). The van der Waals surface area contributed by atoms with Gasteiger partial charge in [-0.2, -0.15) is 0 Å². The summed E-state index contributed by atoms with van der Waals surface area (Å²) in [4.78, 5) is 50.6. The van der Waals surface area contributed by atoms with Gasteiger partial charge in [-0.25, -0.2) is 0 Å². The summed E-state index contributed by atoms with van der Waals surface area (Å²) in [6.07, 6.45) is -0.849. The average molecular weight is 338 g/mol. The maximum atomic E-state index is 10.3.